The van der Waals surface area contributed by atoms with Gasteiger partial charge in [0.2, 0.25) is 0 Å². The lowest BCUT2D eigenvalue weighted by Gasteiger charge is -2.14. The fraction of sp³-hybridized carbons (Fsp3) is 0.636. The van der Waals surface area contributed by atoms with Gasteiger partial charge in [0, 0.05) is 19.7 Å². The molecule has 96 valence electrons. The quantitative estimate of drug-likeness (QED) is 0.485. The van der Waals surface area contributed by atoms with E-state index >= 15 is 0 Å². The van der Waals surface area contributed by atoms with E-state index in [9.17, 15) is 10.0 Å². The smallest absolute Gasteiger partial charge is 0.286 e. The highest BCUT2D eigenvalue weighted by Crippen LogP contribution is 2.11. The number of unbranched alkanes of at least 4 members (excludes halogenated alkanes) is 3. The Morgan fingerprint density at radius 3 is 2.76 bits per heavy atom. The number of aryl methyl sites for hydroxylation is 1. The first-order valence-electron chi connectivity index (χ1n) is 5.76. The molecule has 6 heteroatoms. The molecule has 1 heterocycles. The summed E-state index contributed by atoms with van der Waals surface area (Å²) in [6.07, 6.45) is 4.03. The van der Waals surface area contributed by atoms with E-state index in [1.165, 1.54) is 10.7 Å². The molecule has 0 fully saturated rings. The summed E-state index contributed by atoms with van der Waals surface area (Å²) < 4.78 is 1.36. The van der Waals surface area contributed by atoms with Crippen molar-refractivity contribution in [3.63, 3.8) is 0 Å². The SMILES string of the molecule is CCCCCCN(O)C(=O)c1cc(Cl)nn1C. The minimum Gasteiger partial charge on any atom is -0.286 e. The van der Waals surface area contributed by atoms with Crippen LogP contribution in [0, 0.1) is 0 Å². The van der Waals surface area contributed by atoms with Crippen LogP contribution in [0.15, 0.2) is 6.07 Å². The Balaban J connectivity index is 2.49. The van der Waals surface area contributed by atoms with Crippen molar-refractivity contribution in [3.05, 3.63) is 16.9 Å². The van der Waals surface area contributed by atoms with E-state index in [1.807, 2.05) is 0 Å². The van der Waals surface area contributed by atoms with Crippen molar-refractivity contribution in [1.29, 1.82) is 0 Å². The third-order valence-electron chi connectivity index (χ3n) is 2.53. The van der Waals surface area contributed by atoms with Gasteiger partial charge in [0.1, 0.15) is 5.69 Å². The number of hydroxylamine groups is 2. The van der Waals surface area contributed by atoms with Gasteiger partial charge in [-0.25, -0.2) is 5.06 Å². The molecule has 0 bridgehead atoms. The van der Waals surface area contributed by atoms with Gasteiger partial charge < -0.3 is 0 Å². The molecule has 1 N–H and O–H groups in total. The minimum absolute atomic E-state index is 0.246. The Morgan fingerprint density at radius 2 is 2.24 bits per heavy atom. The van der Waals surface area contributed by atoms with Gasteiger partial charge in [-0.2, -0.15) is 5.10 Å². The number of amides is 1. The second kappa shape index (κ2) is 6.61. The van der Waals surface area contributed by atoms with Crippen LogP contribution in [-0.4, -0.2) is 32.5 Å². The summed E-state index contributed by atoms with van der Waals surface area (Å²) in [5.74, 6) is -0.469. The van der Waals surface area contributed by atoms with Crippen LogP contribution in [0.1, 0.15) is 43.1 Å². The van der Waals surface area contributed by atoms with Crippen molar-refractivity contribution in [3.8, 4) is 0 Å². The number of hydrogen-bond acceptors (Lipinski definition) is 3. The van der Waals surface area contributed by atoms with Gasteiger partial charge in [-0.1, -0.05) is 37.8 Å². The molecule has 5 nitrogen and oxygen atoms in total. The second-order valence-electron chi connectivity index (χ2n) is 3.96. The maximum atomic E-state index is 11.8. The third kappa shape index (κ3) is 4.02. The molecule has 17 heavy (non-hydrogen) atoms. The lowest BCUT2D eigenvalue weighted by molar-refractivity contribution is -0.0596. The van der Waals surface area contributed by atoms with E-state index in [-0.39, 0.29) is 10.8 Å². The van der Waals surface area contributed by atoms with Crippen LogP contribution in [-0.2, 0) is 7.05 Å². The highest BCUT2D eigenvalue weighted by atomic mass is 35.5. The normalized spacial score (nSPS) is 10.6. The molecular weight excluding hydrogens is 242 g/mol. The van der Waals surface area contributed by atoms with Crippen molar-refractivity contribution in [2.45, 2.75) is 32.6 Å². The molecule has 0 radical (unpaired) electrons. The summed E-state index contributed by atoms with van der Waals surface area (Å²) in [7, 11) is 1.62. The van der Waals surface area contributed by atoms with Crippen LogP contribution < -0.4 is 0 Å². The highest BCUT2D eigenvalue weighted by Gasteiger charge is 2.18. The van der Waals surface area contributed by atoms with E-state index in [2.05, 4.69) is 12.0 Å². The number of hydrogen-bond donors (Lipinski definition) is 1. The highest BCUT2D eigenvalue weighted by molar-refractivity contribution is 6.29. The summed E-state index contributed by atoms with van der Waals surface area (Å²) in [4.78, 5) is 11.8. The Bertz CT molecular complexity index is 379. The van der Waals surface area contributed by atoms with Gasteiger partial charge in [0.25, 0.3) is 5.91 Å². The first-order valence-corrected chi connectivity index (χ1v) is 6.14. The molecule has 1 amide bonds. The molecule has 1 aromatic heterocycles. The van der Waals surface area contributed by atoms with Gasteiger partial charge in [-0.15, -0.1) is 0 Å². The van der Waals surface area contributed by atoms with Crippen LogP contribution in [0.2, 0.25) is 5.15 Å². The third-order valence-corrected chi connectivity index (χ3v) is 2.71. The minimum atomic E-state index is -0.469. The zero-order valence-corrected chi connectivity index (χ0v) is 10.9. The van der Waals surface area contributed by atoms with Crippen LogP contribution in [0.25, 0.3) is 0 Å². The zero-order valence-electron chi connectivity index (χ0n) is 10.2. The molecule has 0 atom stereocenters. The van der Waals surface area contributed by atoms with Crippen LogP contribution in [0.3, 0.4) is 0 Å². The summed E-state index contributed by atoms with van der Waals surface area (Å²) >= 11 is 5.68. The standard InChI is InChI=1S/C11H18ClN3O2/c1-3-4-5-6-7-15(17)11(16)9-8-10(12)13-14(9)2/h8,17H,3-7H2,1-2H3. The lowest BCUT2D eigenvalue weighted by atomic mass is 10.2. The molecule has 0 aliphatic carbocycles. The fourth-order valence-electron chi connectivity index (χ4n) is 1.55. The summed E-state index contributed by atoms with van der Waals surface area (Å²) in [6.45, 7) is 2.45. The van der Waals surface area contributed by atoms with Gasteiger partial charge in [-0.05, 0) is 6.42 Å². The molecule has 1 rings (SSSR count). The van der Waals surface area contributed by atoms with Crippen molar-refractivity contribution in [1.82, 2.24) is 14.8 Å². The predicted octanol–water partition coefficient (Wildman–Crippen LogP) is 2.49. The van der Waals surface area contributed by atoms with E-state index in [0.29, 0.717) is 6.54 Å². The Morgan fingerprint density at radius 1 is 1.53 bits per heavy atom. The van der Waals surface area contributed by atoms with E-state index < -0.39 is 5.91 Å². The number of carbonyl (C=O) groups excluding carboxylic acids is 1. The number of aromatic nitrogens is 2. The molecule has 0 aliphatic heterocycles. The van der Waals surface area contributed by atoms with Gasteiger partial charge in [-0.3, -0.25) is 14.7 Å². The van der Waals surface area contributed by atoms with Gasteiger partial charge in [0.05, 0.1) is 0 Å². The molecule has 0 unspecified atom stereocenters. The van der Waals surface area contributed by atoms with Gasteiger partial charge in [0.15, 0.2) is 5.15 Å². The Labute approximate surface area is 106 Å². The molecule has 0 spiro atoms. The molecule has 0 saturated carbocycles. The molecular formula is C11H18ClN3O2. The van der Waals surface area contributed by atoms with E-state index in [1.54, 1.807) is 7.05 Å². The van der Waals surface area contributed by atoms with E-state index in [0.717, 1.165) is 30.7 Å². The monoisotopic (exact) mass is 259 g/mol. The Kier molecular flexibility index (Phi) is 5.44. The van der Waals surface area contributed by atoms with Crippen molar-refractivity contribution < 1.29 is 10.0 Å². The van der Waals surface area contributed by atoms with Crippen LogP contribution in [0.5, 0.6) is 0 Å². The first-order chi connectivity index (χ1) is 8.06. The van der Waals surface area contributed by atoms with E-state index in [4.69, 9.17) is 11.6 Å². The number of rotatable bonds is 6. The Hall–Kier alpha value is -1.07. The summed E-state index contributed by atoms with van der Waals surface area (Å²) in [5.41, 5.74) is 0.285. The number of halogens is 1. The maximum Gasteiger partial charge on any atom is 0.295 e. The van der Waals surface area contributed by atoms with Crippen molar-refractivity contribution in [2.24, 2.45) is 7.05 Å². The average molecular weight is 260 g/mol. The topological polar surface area (TPSA) is 58.4 Å². The van der Waals surface area contributed by atoms with Gasteiger partial charge >= 0.3 is 0 Å². The average Bonchev–Trinajstić information content (AvgIpc) is 2.62. The number of carbonyl (C=O) groups is 1. The largest absolute Gasteiger partial charge is 0.295 e. The van der Waals surface area contributed by atoms with Crippen LogP contribution >= 0.6 is 11.6 Å². The molecule has 0 saturated heterocycles. The zero-order chi connectivity index (χ0) is 12.8. The second-order valence-corrected chi connectivity index (χ2v) is 4.35. The molecule has 1 aromatic rings. The predicted molar refractivity (Wildman–Crippen MR) is 65.2 cm³/mol. The van der Waals surface area contributed by atoms with Crippen LogP contribution in [0.4, 0.5) is 0 Å². The maximum absolute atomic E-state index is 11.8. The molecule has 0 aliphatic rings. The first kappa shape index (κ1) is 14.0. The number of nitrogens with zero attached hydrogens (tertiary/aromatic N) is 3. The molecule has 0 aromatic carbocycles. The fourth-order valence-corrected chi connectivity index (χ4v) is 1.77. The lowest BCUT2D eigenvalue weighted by Crippen LogP contribution is -2.30. The summed E-state index contributed by atoms with van der Waals surface area (Å²) in [5, 5.41) is 14.4. The summed E-state index contributed by atoms with van der Waals surface area (Å²) in [6, 6.07) is 1.44. The van der Waals surface area contributed by atoms with Crippen molar-refractivity contribution >= 4 is 17.5 Å². The van der Waals surface area contributed by atoms with Crippen molar-refractivity contribution in [2.75, 3.05) is 6.54 Å².